The van der Waals surface area contributed by atoms with Crippen molar-refractivity contribution in [3.8, 4) is 0 Å². The molecule has 0 unspecified atom stereocenters. The smallest absolute Gasteiger partial charge is 0.0547 e. The van der Waals surface area contributed by atoms with E-state index < -0.39 is 0 Å². The summed E-state index contributed by atoms with van der Waals surface area (Å²) < 4.78 is 5.47. The van der Waals surface area contributed by atoms with Crippen LogP contribution in [-0.2, 0) is 11.3 Å². The van der Waals surface area contributed by atoms with E-state index in [4.69, 9.17) is 4.74 Å². The molecule has 2 aliphatic rings. The molecule has 0 aromatic heterocycles. The van der Waals surface area contributed by atoms with Gasteiger partial charge in [-0.05, 0) is 12.0 Å². The summed E-state index contributed by atoms with van der Waals surface area (Å²) in [6.07, 6.45) is 1.26. The van der Waals surface area contributed by atoms with E-state index in [1.807, 2.05) is 0 Å². The fourth-order valence-corrected chi connectivity index (χ4v) is 2.75. The molecule has 0 atom stereocenters. The van der Waals surface area contributed by atoms with E-state index in [9.17, 15) is 0 Å². The van der Waals surface area contributed by atoms with Gasteiger partial charge >= 0.3 is 0 Å². The highest BCUT2D eigenvalue weighted by Crippen LogP contribution is 2.38. The number of ether oxygens (including phenoxy) is 1. The van der Waals surface area contributed by atoms with Gasteiger partial charge in [-0.15, -0.1) is 0 Å². The topological polar surface area (TPSA) is 12.5 Å². The van der Waals surface area contributed by atoms with Crippen molar-refractivity contribution in [2.75, 3.05) is 26.3 Å². The molecule has 2 aliphatic heterocycles. The summed E-state index contributed by atoms with van der Waals surface area (Å²) in [5.74, 6) is 0. The Balaban J connectivity index is 1.56. The summed E-state index contributed by atoms with van der Waals surface area (Å²) in [6, 6.07) is 10.7. The Morgan fingerprint density at radius 1 is 1.20 bits per heavy atom. The number of likely N-dealkylation sites (tertiary alicyclic amines) is 1. The van der Waals surface area contributed by atoms with Crippen LogP contribution in [0.3, 0.4) is 0 Å². The van der Waals surface area contributed by atoms with Crippen LogP contribution in [0.15, 0.2) is 30.3 Å². The SMILES string of the molecule is c1ccc(CN2CC3(CCOC3)C2)cc1. The minimum absolute atomic E-state index is 0.523. The summed E-state index contributed by atoms with van der Waals surface area (Å²) in [7, 11) is 0. The molecule has 0 N–H and O–H groups in total. The van der Waals surface area contributed by atoms with Crippen LogP contribution in [0.25, 0.3) is 0 Å². The molecule has 1 aromatic rings. The first-order valence-electron chi connectivity index (χ1n) is 5.70. The Hall–Kier alpha value is -0.860. The molecule has 2 fully saturated rings. The van der Waals surface area contributed by atoms with Crippen molar-refractivity contribution < 1.29 is 4.74 Å². The Morgan fingerprint density at radius 3 is 2.67 bits per heavy atom. The third-order valence-corrected chi connectivity index (χ3v) is 3.55. The van der Waals surface area contributed by atoms with E-state index >= 15 is 0 Å². The average molecular weight is 203 g/mol. The third kappa shape index (κ3) is 1.80. The lowest BCUT2D eigenvalue weighted by Crippen LogP contribution is -2.55. The molecule has 0 radical (unpaired) electrons. The second-order valence-electron chi connectivity index (χ2n) is 4.93. The maximum Gasteiger partial charge on any atom is 0.0547 e. The zero-order valence-corrected chi connectivity index (χ0v) is 8.98. The van der Waals surface area contributed by atoms with Gasteiger partial charge in [-0.3, -0.25) is 4.90 Å². The molecule has 2 nitrogen and oxygen atoms in total. The lowest BCUT2D eigenvalue weighted by Gasteiger charge is -2.47. The van der Waals surface area contributed by atoms with Crippen LogP contribution in [-0.4, -0.2) is 31.2 Å². The maximum atomic E-state index is 5.47. The molecule has 2 heterocycles. The molecule has 1 aromatic carbocycles. The number of rotatable bonds is 2. The van der Waals surface area contributed by atoms with Crippen molar-refractivity contribution in [1.29, 1.82) is 0 Å². The van der Waals surface area contributed by atoms with Crippen molar-refractivity contribution in [1.82, 2.24) is 4.90 Å². The average Bonchev–Trinajstić information content (AvgIpc) is 2.68. The Morgan fingerprint density at radius 2 is 2.00 bits per heavy atom. The van der Waals surface area contributed by atoms with Crippen LogP contribution in [0.2, 0.25) is 0 Å². The van der Waals surface area contributed by atoms with Gasteiger partial charge in [0.25, 0.3) is 0 Å². The first kappa shape index (κ1) is 9.37. The highest BCUT2D eigenvalue weighted by atomic mass is 16.5. The molecule has 3 rings (SSSR count). The van der Waals surface area contributed by atoms with Crippen LogP contribution in [0, 0.1) is 5.41 Å². The largest absolute Gasteiger partial charge is 0.381 e. The van der Waals surface area contributed by atoms with Crippen LogP contribution >= 0.6 is 0 Å². The van der Waals surface area contributed by atoms with E-state index in [0.717, 1.165) is 19.8 Å². The normalized spacial score (nSPS) is 24.3. The molecule has 0 saturated carbocycles. The summed E-state index contributed by atoms with van der Waals surface area (Å²) in [5, 5.41) is 0. The Labute approximate surface area is 90.8 Å². The molecular weight excluding hydrogens is 186 g/mol. The molecule has 0 aliphatic carbocycles. The predicted molar refractivity (Wildman–Crippen MR) is 59.6 cm³/mol. The minimum Gasteiger partial charge on any atom is -0.381 e. The van der Waals surface area contributed by atoms with Crippen LogP contribution in [0.5, 0.6) is 0 Å². The van der Waals surface area contributed by atoms with Gasteiger partial charge in [0.05, 0.1) is 6.61 Å². The van der Waals surface area contributed by atoms with Crippen molar-refractivity contribution in [2.24, 2.45) is 5.41 Å². The van der Waals surface area contributed by atoms with Crippen LogP contribution < -0.4 is 0 Å². The van der Waals surface area contributed by atoms with Gasteiger partial charge in [0.1, 0.15) is 0 Å². The summed E-state index contributed by atoms with van der Waals surface area (Å²) >= 11 is 0. The summed E-state index contributed by atoms with van der Waals surface area (Å²) in [6.45, 7) is 5.50. The zero-order chi connectivity index (χ0) is 10.1. The highest BCUT2D eigenvalue weighted by Gasteiger charge is 2.45. The monoisotopic (exact) mass is 203 g/mol. The molecule has 0 bridgehead atoms. The van der Waals surface area contributed by atoms with Crippen LogP contribution in [0.4, 0.5) is 0 Å². The van der Waals surface area contributed by atoms with Crippen molar-refractivity contribution in [2.45, 2.75) is 13.0 Å². The quantitative estimate of drug-likeness (QED) is 0.728. The van der Waals surface area contributed by atoms with Gasteiger partial charge in [-0.1, -0.05) is 30.3 Å². The van der Waals surface area contributed by atoms with Gasteiger partial charge in [-0.25, -0.2) is 0 Å². The molecule has 80 valence electrons. The lowest BCUT2D eigenvalue weighted by atomic mass is 9.79. The summed E-state index contributed by atoms with van der Waals surface area (Å²) in [4.78, 5) is 2.52. The van der Waals surface area contributed by atoms with Crippen molar-refractivity contribution in [3.05, 3.63) is 35.9 Å². The Kier molecular flexibility index (Phi) is 2.26. The maximum absolute atomic E-state index is 5.47. The van der Waals surface area contributed by atoms with Gasteiger partial charge in [0.15, 0.2) is 0 Å². The third-order valence-electron chi connectivity index (χ3n) is 3.55. The second kappa shape index (κ2) is 3.62. The van der Waals surface area contributed by atoms with E-state index in [1.54, 1.807) is 0 Å². The van der Waals surface area contributed by atoms with Gasteiger partial charge < -0.3 is 4.74 Å². The number of nitrogens with zero attached hydrogens (tertiary/aromatic N) is 1. The van der Waals surface area contributed by atoms with Crippen LogP contribution in [0.1, 0.15) is 12.0 Å². The minimum atomic E-state index is 0.523. The van der Waals surface area contributed by atoms with Crippen molar-refractivity contribution >= 4 is 0 Å². The van der Waals surface area contributed by atoms with E-state index in [-0.39, 0.29) is 0 Å². The highest BCUT2D eigenvalue weighted by molar-refractivity contribution is 5.15. The van der Waals surface area contributed by atoms with E-state index in [2.05, 4.69) is 35.2 Å². The second-order valence-corrected chi connectivity index (χ2v) is 4.93. The Bertz CT molecular complexity index is 322. The molecule has 2 heteroatoms. The molecule has 0 amide bonds. The molecule has 1 spiro atoms. The first-order chi connectivity index (χ1) is 7.36. The standard InChI is InChI=1S/C13H17NO/c1-2-4-12(5-3-1)8-14-9-13(10-14)6-7-15-11-13/h1-5H,6-11H2. The fourth-order valence-electron chi connectivity index (χ4n) is 2.75. The van der Waals surface area contributed by atoms with Gasteiger partial charge in [0.2, 0.25) is 0 Å². The fraction of sp³-hybridized carbons (Fsp3) is 0.538. The predicted octanol–water partition coefficient (Wildman–Crippen LogP) is 1.91. The number of hydrogen-bond donors (Lipinski definition) is 0. The number of benzene rings is 1. The van der Waals surface area contributed by atoms with Gasteiger partial charge in [-0.2, -0.15) is 0 Å². The zero-order valence-electron chi connectivity index (χ0n) is 8.98. The van der Waals surface area contributed by atoms with Crippen molar-refractivity contribution in [3.63, 3.8) is 0 Å². The van der Waals surface area contributed by atoms with Gasteiger partial charge in [0, 0.05) is 31.7 Å². The summed E-state index contributed by atoms with van der Waals surface area (Å²) in [5.41, 5.74) is 1.95. The molecule has 2 saturated heterocycles. The van der Waals surface area contributed by atoms with E-state index in [0.29, 0.717) is 5.41 Å². The lowest BCUT2D eigenvalue weighted by molar-refractivity contribution is -0.0123. The first-order valence-corrected chi connectivity index (χ1v) is 5.70. The molecular formula is C13H17NO. The van der Waals surface area contributed by atoms with E-state index in [1.165, 1.54) is 25.1 Å². The molecule has 15 heavy (non-hydrogen) atoms. The number of hydrogen-bond acceptors (Lipinski definition) is 2.